The Morgan fingerprint density at radius 2 is 2.06 bits per heavy atom. The average molecular weight is 221 g/mol. The molecule has 1 saturated heterocycles. The summed E-state index contributed by atoms with van der Waals surface area (Å²) in [5.41, 5.74) is 1.20. The van der Waals surface area contributed by atoms with Gasteiger partial charge in [0.25, 0.3) is 0 Å². The Balaban J connectivity index is 2.36. The van der Waals surface area contributed by atoms with Gasteiger partial charge in [-0.05, 0) is 37.1 Å². The number of methoxy groups -OCH3 is 2. The van der Waals surface area contributed by atoms with Crippen LogP contribution in [0.15, 0.2) is 18.2 Å². The van der Waals surface area contributed by atoms with E-state index >= 15 is 0 Å². The molecule has 0 aromatic heterocycles. The first-order valence-corrected chi connectivity index (χ1v) is 5.71. The summed E-state index contributed by atoms with van der Waals surface area (Å²) in [6, 6.07) is 6.35. The number of hydrogen-bond acceptors (Lipinski definition) is 3. The smallest absolute Gasteiger partial charge is 0.123 e. The van der Waals surface area contributed by atoms with E-state index in [1.165, 1.54) is 12.0 Å². The van der Waals surface area contributed by atoms with Crippen molar-refractivity contribution in [1.82, 2.24) is 5.32 Å². The number of benzene rings is 1. The van der Waals surface area contributed by atoms with Crippen LogP contribution in [0.5, 0.6) is 11.5 Å². The maximum atomic E-state index is 5.41. The molecule has 1 aliphatic rings. The van der Waals surface area contributed by atoms with Crippen molar-refractivity contribution < 1.29 is 9.47 Å². The Morgan fingerprint density at radius 1 is 1.25 bits per heavy atom. The Kier molecular flexibility index (Phi) is 3.34. The zero-order chi connectivity index (χ0) is 11.5. The van der Waals surface area contributed by atoms with Crippen molar-refractivity contribution in [2.75, 3.05) is 20.8 Å². The van der Waals surface area contributed by atoms with Crippen LogP contribution in [-0.4, -0.2) is 20.8 Å². The van der Waals surface area contributed by atoms with Crippen LogP contribution in [0.3, 0.4) is 0 Å². The van der Waals surface area contributed by atoms with Crippen molar-refractivity contribution in [2.45, 2.75) is 19.4 Å². The highest BCUT2D eigenvalue weighted by Crippen LogP contribution is 2.36. The lowest BCUT2D eigenvalue weighted by Gasteiger charge is -2.19. The summed E-state index contributed by atoms with van der Waals surface area (Å²) in [4.78, 5) is 0. The topological polar surface area (TPSA) is 30.5 Å². The van der Waals surface area contributed by atoms with Crippen LogP contribution in [0.25, 0.3) is 0 Å². The van der Waals surface area contributed by atoms with Gasteiger partial charge in [-0.1, -0.05) is 6.92 Å². The third-order valence-electron chi connectivity index (χ3n) is 3.30. The standard InChI is InChI=1S/C13H19NO2/c1-9-6-7-14-13(9)11-8-10(15-2)4-5-12(11)16-3/h4-5,8-9,13-14H,6-7H2,1-3H3/t9-,13-/m0/s1. The molecule has 1 aromatic rings. The minimum absolute atomic E-state index is 0.380. The zero-order valence-corrected chi connectivity index (χ0v) is 10.1. The molecule has 0 amide bonds. The van der Waals surface area contributed by atoms with E-state index in [4.69, 9.17) is 9.47 Å². The van der Waals surface area contributed by atoms with Gasteiger partial charge in [0.05, 0.1) is 14.2 Å². The Bertz CT molecular complexity index is 365. The quantitative estimate of drug-likeness (QED) is 0.850. The van der Waals surface area contributed by atoms with Gasteiger partial charge in [0.2, 0.25) is 0 Å². The monoisotopic (exact) mass is 221 g/mol. The van der Waals surface area contributed by atoms with Crippen molar-refractivity contribution in [3.63, 3.8) is 0 Å². The van der Waals surface area contributed by atoms with E-state index in [-0.39, 0.29) is 0 Å². The molecule has 88 valence electrons. The maximum absolute atomic E-state index is 5.41. The minimum Gasteiger partial charge on any atom is -0.497 e. The number of rotatable bonds is 3. The largest absolute Gasteiger partial charge is 0.497 e. The lowest BCUT2D eigenvalue weighted by Crippen LogP contribution is -2.17. The van der Waals surface area contributed by atoms with Gasteiger partial charge in [-0.3, -0.25) is 0 Å². The van der Waals surface area contributed by atoms with Crippen molar-refractivity contribution in [3.8, 4) is 11.5 Å². The molecule has 16 heavy (non-hydrogen) atoms. The van der Waals surface area contributed by atoms with E-state index < -0.39 is 0 Å². The van der Waals surface area contributed by atoms with E-state index in [1.807, 2.05) is 12.1 Å². The van der Waals surface area contributed by atoms with Crippen molar-refractivity contribution in [3.05, 3.63) is 23.8 Å². The molecule has 1 N–H and O–H groups in total. The van der Waals surface area contributed by atoms with E-state index in [0.29, 0.717) is 12.0 Å². The summed E-state index contributed by atoms with van der Waals surface area (Å²) in [6.07, 6.45) is 1.21. The van der Waals surface area contributed by atoms with E-state index in [9.17, 15) is 0 Å². The van der Waals surface area contributed by atoms with Crippen LogP contribution in [0.1, 0.15) is 24.9 Å². The Hall–Kier alpha value is -1.22. The normalized spacial score (nSPS) is 24.4. The minimum atomic E-state index is 0.380. The molecule has 1 fully saturated rings. The highest BCUT2D eigenvalue weighted by molar-refractivity contribution is 5.42. The third-order valence-corrected chi connectivity index (χ3v) is 3.30. The third kappa shape index (κ3) is 2.00. The van der Waals surface area contributed by atoms with Gasteiger partial charge in [-0.2, -0.15) is 0 Å². The molecule has 3 nitrogen and oxygen atoms in total. The summed E-state index contributed by atoms with van der Waals surface area (Å²) in [7, 11) is 3.40. The SMILES string of the molecule is COc1ccc(OC)c([C@H]2NCC[C@@H]2C)c1. The van der Waals surface area contributed by atoms with Crippen LogP contribution in [0.4, 0.5) is 0 Å². The molecule has 0 radical (unpaired) electrons. The first-order chi connectivity index (χ1) is 7.76. The van der Waals surface area contributed by atoms with Crippen molar-refractivity contribution in [1.29, 1.82) is 0 Å². The molecule has 2 rings (SSSR count). The van der Waals surface area contributed by atoms with Gasteiger partial charge in [-0.15, -0.1) is 0 Å². The van der Waals surface area contributed by atoms with Crippen molar-refractivity contribution in [2.24, 2.45) is 5.92 Å². The fourth-order valence-electron chi connectivity index (χ4n) is 2.33. The first kappa shape index (κ1) is 11.3. The second-order valence-electron chi connectivity index (χ2n) is 4.31. The first-order valence-electron chi connectivity index (χ1n) is 5.71. The van der Waals surface area contributed by atoms with Gasteiger partial charge in [-0.25, -0.2) is 0 Å². The summed E-state index contributed by atoms with van der Waals surface area (Å²) >= 11 is 0. The lowest BCUT2D eigenvalue weighted by atomic mass is 9.95. The molecule has 0 spiro atoms. The molecule has 2 atom stereocenters. The summed E-state index contributed by atoms with van der Waals surface area (Å²) < 4.78 is 10.7. The van der Waals surface area contributed by atoms with E-state index in [0.717, 1.165) is 18.0 Å². The average Bonchev–Trinajstić information content (AvgIpc) is 2.74. The van der Waals surface area contributed by atoms with E-state index in [2.05, 4.69) is 18.3 Å². The predicted octanol–water partition coefficient (Wildman–Crippen LogP) is 2.37. The zero-order valence-electron chi connectivity index (χ0n) is 10.1. The van der Waals surface area contributed by atoms with Crippen LogP contribution in [-0.2, 0) is 0 Å². The molecular weight excluding hydrogens is 202 g/mol. The lowest BCUT2D eigenvalue weighted by molar-refractivity contribution is 0.385. The molecule has 0 bridgehead atoms. The summed E-state index contributed by atoms with van der Waals surface area (Å²) in [5.74, 6) is 2.46. The highest BCUT2D eigenvalue weighted by Gasteiger charge is 2.27. The van der Waals surface area contributed by atoms with Gasteiger partial charge >= 0.3 is 0 Å². The maximum Gasteiger partial charge on any atom is 0.123 e. The van der Waals surface area contributed by atoms with Crippen LogP contribution < -0.4 is 14.8 Å². The molecule has 1 heterocycles. The van der Waals surface area contributed by atoms with Crippen LogP contribution >= 0.6 is 0 Å². The van der Waals surface area contributed by atoms with Gasteiger partial charge in [0.1, 0.15) is 11.5 Å². The predicted molar refractivity (Wildman–Crippen MR) is 64.1 cm³/mol. The molecule has 3 heteroatoms. The van der Waals surface area contributed by atoms with Gasteiger partial charge < -0.3 is 14.8 Å². The number of ether oxygens (including phenoxy) is 2. The van der Waals surface area contributed by atoms with Crippen LogP contribution in [0, 0.1) is 5.92 Å². The number of hydrogen-bond donors (Lipinski definition) is 1. The molecule has 1 aliphatic heterocycles. The molecular formula is C13H19NO2. The second kappa shape index (κ2) is 4.74. The van der Waals surface area contributed by atoms with E-state index in [1.54, 1.807) is 14.2 Å². The van der Waals surface area contributed by atoms with Crippen LogP contribution in [0.2, 0.25) is 0 Å². The van der Waals surface area contributed by atoms with Gasteiger partial charge in [0.15, 0.2) is 0 Å². The fourth-order valence-corrected chi connectivity index (χ4v) is 2.33. The Labute approximate surface area is 96.8 Å². The Morgan fingerprint density at radius 3 is 2.62 bits per heavy atom. The molecule has 0 aliphatic carbocycles. The summed E-state index contributed by atoms with van der Waals surface area (Å²) in [6.45, 7) is 3.34. The summed E-state index contributed by atoms with van der Waals surface area (Å²) in [5, 5.41) is 3.51. The second-order valence-corrected chi connectivity index (χ2v) is 4.31. The molecule has 0 saturated carbocycles. The number of nitrogens with one attached hydrogen (secondary N) is 1. The fraction of sp³-hybridized carbons (Fsp3) is 0.538. The van der Waals surface area contributed by atoms with Gasteiger partial charge in [0, 0.05) is 11.6 Å². The molecule has 1 aromatic carbocycles. The van der Waals surface area contributed by atoms with Crippen molar-refractivity contribution >= 4 is 0 Å². The molecule has 0 unspecified atom stereocenters. The highest BCUT2D eigenvalue weighted by atomic mass is 16.5.